The van der Waals surface area contributed by atoms with E-state index in [0.717, 1.165) is 30.3 Å². The predicted molar refractivity (Wildman–Crippen MR) is 64.9 cm³/mol. The molecule has 0 unspecified atom stereocenters. The Hall–Kier alpha value is -1.42. The molecule has 1 heterocycles. The van der Waals surface area contributed by atoms with Gasteiger partial charge in [-0.3, -0.25) is 0 Å². The van der Waals surface area contributed by atoms with Gasteiger partial charge in [-0.1, -0.05) is 11.6 Å². The number of urea groups is 1. The van der Waals surface area contributed by atoms with Crippen LogP contribution in [0.3, 0.4) is 0 Å². The molecule has 0 aromatic heterocycles. The highest BCUT2D eigenvalue weighted by atomic mass is 35.5. The van der Waals surface area contributed by atoms with Crippen LogP contribution < -0.4 is 10.6 Å². The maximum atomic E-state index is 11.2. The van der Waals surface area contributed by atoms with Crippen molar-refractivity contribution in [1.82, 2.24) is 10.2 Å². The molecule has 0 bridgehead atoms. The van der Waals surface area contributed by atoms with Crippen molar-refractivity contribution in [2.45, 2.75) is 0 Å². The van der Waals surface area contributed by atoms with Crippen molar-refractivity contribution in [2.24, 2.45) is 0 Å². The first-order valence-corrected chi connectivity index (χ1v) is 5.66. The van der Waals surface area contributed by atoms with Crippen LogP contribution in [0, 0.1) is 0 Å². The van der Waals surface area contributed by atoms with Gasteiger partial charge in [0.2, 0.25) is 0 Å². The van der Waals surface area contributed by atoms with Gasteiger partial charge in [0.25, 0.3) is 0 Å². The third-order valence-electron chi connectivity index (χ3n) is 2.50. The standard InChI is InChI=1S/C11H14ClN3O/c12-9-1-3-10(4-2-9)13-5-7-15-8-6-14-11(15)16/h1-4,13H,5-8H2,(H,14,16). The van der Waals surface area contributed by atoms with Crippen LogP contribution in [0.25, 0.3) is 0 Å². The summed E-state index contributed by atoms with van der Waals surface area (Å²) in [7, 11) is 0. The van der Waals surface area contributed by atoms with E-state index in [0.29, 0.717) is 6.54 Å². The summed E-state index contributed by atoms with van der Waals surface area (Å²) in [6, 6.07) is 7.55. The molecule has 4 nitrogen and oxygen atoms in total. The van der Waals surface area contributed by atoms with Gasteiger partial charge in [0.15, 0.2) is 0 Å². The fourth-order valence-corrected chi connectivity index (χ4v) is 1.75. The van der Waals surface area contributed by atoms with Crippen LogP contribution in [0.2, 0.25) is 5.02 Å². The Bertz CT molecular complexity index is 366. The number of nitrogens with zero attached hydrogens (tertiary/aromatic N) is 1. The first-order chi connectivity index (χ1) is 7.75. The zero-order chi connectivity index (χ0) is 11.4. The molecular formula is C11H14ClN3O. The van der Waals surface area contributed by atoms with Crippen molar-refractivity contribution in [2.75, 3.05) is 31.5 Å². The lowest BCUT2D eigenvalue weighted by Gasteiger charge is -2.14. The Kier molecular flexibility index (Phi) is 3.51. The molecule has 16 heavy (non-hydrogen) atoms. The average Bonchev–Trinajstić information content (AvgIpc) is 2.68. The number of carbonyl (C=O) groups excluding carboxylic acids is 1. The van der Waals surface area contributed by atoms with Gasteiger partial charge in [-0.05, 0) is 24.3 Å². The number of anilines is 1. The van der Waals surface area contributed by atoms with E-state index in [-0.39, 0.29) is 6.03 Å². The quantitative estimate of drug-likeness (QED) is 0.841. The topological polar surface area (TPSA) is 44.4 Å². The summed E-state index contributed by atoms with van der Waals surface area (Å²) in [4.78, 5) is 13.0. The zero-order valence-electron chi connectivity index (χ0n) is 8.87. The van der Waals surface area contributed by atoms with E-state index < -0.39 is 0 Å². The number of carbonyl (C=O) groups is 1. The summed E-state index contributed by atoms with van der Waals surface area (Å²) in [6.45, 7) is 3.00. The molecule has 0 aliphatic carbocycles. The smallest absolute Gasteiger partial charge is 0.317 e. The molecular weight excluding hydrogens is 226 g/mol. The molecule has 0 atom stereocenters. The predicted octanol–water partition coefficient (Wildman–Crippen LogP) is 1.78. The largest absolute Gasteiger partial charge is 0.383 e. The van der Waals surface area contributed by atoms with E-state index in [9.17, 15) is 4.79 Å². The Labute approximate surface area is 99.6 Å². The van der Waals surface area contributed by atoms with E-state index in [4.69, 9.17) is 11.6 Å². The van der Waals surface area contributed by atoms with Crippen molar-refractivity contribution in [3.05, 3.63) is 29.3 Å². The Morgan fingerprint density at radius 1 is 1.38 bits per heavy atom. The van der Waals surface area contributed by atoms with Gasteiger partial charge >= 0.3 is 6.03 Å². The minimum atomic E-state index is 0.0258. The molecule has 1 fully saturated rings. The van der Waals surface area contributed by atoms with Gasteiger partial charge < -0.3 is 15.5 Å². The molecule has 0 spiro atoms. The van der Waals surface area contributed by atoms with Crippen molar-refractivity contribution in [3.63, 3.8) is 0 Å². The van der Waals surface area contributed by atoms with Crippen LogP contribution in [-0.4, -0.2) is 37.1 Å². The number of halogens is 1. The van der Waals surface area contributed by atoms with Gasteiger partial charge in [-0.15, -0.1) is 0 Å². The van der Waals surface area contributed by atoms with Crippen molar-refractivity contribution >= 4 is 23.3 Å². The molecule has 2 rings (SSSR count). The SMILES string of the molecule is O=C1NCCN1CCNc1ccc(Cl)cc1. The van der Waals surface area contributed by atoms with Crippen LogP contribution in [0.5, 0.6) is 0 Å². The highest BCUT2D eigenvalue weighted by Gasteiger charge is 2.17. The van der Waals surface area contributed by atoms with E-state index in [1.165, 1.54) is 0 Å². The molecule has 1 saturated heterocycles. The number of rotatable bonds is 4. The summed E-state index contributed by atoms with van der Waals surface area (Å²) in [5, 5.41) is 6.73. The van der Waals surface area contributed by atoms with Crippen LogP contribution in [0.15, 0.2) is 24.3 Å². The fraction of sp³-hybridized carbons (Fsp3) is 0.364. The second-order valence-electron chi connectivity index (χ2n) is 3.65. The van der Waals surface area contributed by atoms with Gasteiger partial charge in [0, 0.05) is 36.9 Å². The number of amides is 2. The maximum Gasteiger partial charge on any atom is 0.317 e. The molecule has 1 aromatic rings. The lowest BCUT2D eigenvalue weighted by Crippen LogP contribution is -2.32. The van der Waals surface area contributed by atoms with E-state index in [2.05, 4.69) is 10.6 Å². The lowest BCUT2D eigenvalue weighted by molar-refractivity contribution is 0.219. The van der Waals surface area contributed by atoms with E-state index >= 15 is 0 Å². The highest BCUT2D eigenvalue weighted by Crippen LogP contribution is 2.12. The molecule has 1 aromatic carbocycles. The first kappa shape index (κ1) is 11.1. The molecule has 0 saturated carbocycles. The second kappa shape index (κ2) is 5.07. The monoisotopic (exact) mass is 239 g/mol. The van der Waals surface area contributed by atoms with Crippen molar-refractivity contribution in [3.8, 4) is 0 Å². The van der Waals surface area contributed by atoms with Crippen LogP contribution in [0.4, 0.5) is 10.5 Å². The average molecular weight is 240 g/mol. The Morgan fingerprint density at radius 2 is 2.12 bits per heavy atom. The van der Waals surface area contributed by atoms with Gasteiger partial charge in [0.05, 0.1) is 0 Å². The zero-order valence-corrected chi connectivity index (χ0v) is 9.63. The summed E-state index contributed by atoms with van der Waals surface area (Å²) in [5.41, 5.74) is 1.02. The van der Waals surface area contributed by atoms with E-state index in [1.807, 2.05) is 24.3 Å². The first-order valence-electron chi connectivity index (χ1n) is 5.28. The molecule has 5 heteroatoms. The Morgan fingerprint density at radius 3 is 2.75 bits per heavy atom. The summed E-state index contributed by atoms with van der Waals surface area (Å²) < 4.78 is 0. The van der Waals surface area contributed by atoms with Gasteiger partial charge in [0.1, 0.15) is 0 Å². The fourth-order valence-electron chi connectivity index (χ4n) is 1.63. The summed E-state index contributed by atoms with van der Waals surface area (Å²) in [5.74, 6) is 0. The minimum Gasteiger partial charge on any atom is -0.383 e. The highest BCUT2D eigenvalue weighted by molar-refractivity contribution is 6.30. The minimum absolute atomic E-state index is 0.0258. The number of benzene rings is 1. The third kappa shape index (κ3) is 2.79. The summed E-state index contributed by atoms with van der Waals surface area (Å²) in [6.07, 6.45) is 0. The molecule has 1 aliphatic heterocycles. The Balaban J connectivity index is 1.75. The number of nitrogens with one attached hydrogen (secondary N) is 2. The molecule has 86 valence electrons. The van der Waals surface area contributed by atoms with Crippen LogP contribution >= 0.6 is 11.6 Å². The molecule has 0 radical (unpaired) electrons. The van der Waals surface area contributed by atoms with Crippen LogP contribution in [0.1, 0.15) is 0 Å². The molecule has 2 N–H and O–H groups in total. The van der Waals surface area contributed by atoms with E-state index in [1.54, 1.807) is 4.90 Å². The van der Waals surface area contributed by atoms with Gasteiger partial charge in [-0.2, -0.15) is 0 Å². The number of hydrogen-bond acceptors (Lipinski definition) is 2. The number of hydrogen-bond donors (Lipinski definition) is 2. The third-order valence-corrected chi connectivity index (χ3v) is 2.75. The van der Waals surface area contributed by atoms with Crippen molar-refractivity contribution < 1.29 is 4.79 Å². The second-order valence-corrected chi connectivity index (χ2v) is 4.09. The molecule has 2 amide bonds. The van der Waals surface area contributed by atoms with Crippen molar-refractivity contribution in [1.29, 1.82) is 0 Å². The van der Waals surface area contributed by atoms with Gasteiger partial charge in [-0.25, -0.2) is 4.79 Å². The van der Waals surface area contributed by atoms with Crippen LogP contribution in [-0.2, 0) is 0 Å². The lowest BCUT2D eigenvalue weighted by atomic mass is 10.3. The maximum absolute atomic E-state index is 11.2. The normalized spacial score (nSPS) is 15.1. The molecule has 1 aliphatic rings. The summed E-state index contributed by atoms with van der Waals surface area (Å²) >= 11 is 5.78.